The molecule has 2 rings (SSSR count). The highest BCUT2D eigenvalue weighted by Gasteiger charge is 2.11. The lowest BCUT2D eigenvalue weighted by molar-refractivity contribution is 0.580. The summed E-state index contributed by atoms with van der Waals surface area (Å²) in [6.45, 7) is 0.917. The van der Waals surface area contributed by atoms with Gasteiger partial charge >= 0.3 is 0 Å². The minimum atomic E-state index is -0.339. The van der Waals surface area contributed by atoms with Gasteiger partial charge in [0.2, 0.25) is 0 Å². The lowest BCUT2D eigenvalue weighted by Crippen LogP contribution is -2.17. The summed E-state index contributed by atoms with van der Waals surface area (Å²) in [4.78, 5) is 0. The van der Waals surface area contributed by atoms with Crippen molar-refractivity contribution in [2.45, 2.75) is 18.8 Å². The fourth-order valence-corrected chi connectivity index (χ4v) is 2.51. The number of halogens is 2. The Morgan fingerprint density at radius 3 is 2.55 bits per heavy atom. The van der Waals surface area contributed by atoms with Crippen molar-refractivity contribution in [1.82, 2.24) is 5.32 Å². The zero-order valence-electron chi connectivity index (χ0n) is 11.6. The molecule has 0 amide bonds. The molecule has 0 fully saturated rings. The van der Waals surface area contributed by atoms with Crippen LogP contribution in [0.2, 0.25) is 5.02 Å². The van der Waals surface area contributed by atoms with E-state index in [1.54, 1.807) is 6.07 Å². The van der Waals surface area contributed by atoms with Crippen molar-refractivity contribution in [1.29, 1.82) is 0 Å². The van der Waals surface area contributed by atoms with Crippen LogP contribution in [-0.2, 0) is 6.42 Å². The SMILES string of the molecule is CNCC(CCc1ccc(Cl)c(F)c1)c1ccccc1. The molecule has 0 heterocycles. The second-order valence-corrected chi connectivity index (χ2v) is 5.36. The van der Waals surface area contributed by atoms with Gasteiger partial charge in [0.05, 0.1) is 5.02 Å². The molecule has 0 aliphatic heterocycles. The number of rotatable bonds is 6. The van der Waals surface area contributed by atoms with Gasteiger partial charge < -0.3 is 5.32 Å². The van der Waals surface area contributed by atoms with Crippen LogP contribution in [0.3, 0.4) is 0 Å². The molecule has 20 heavy (non-hydrogen) atoms. The number of benzene rings is 2. The van der Waals surface area contributed by atoms with Crippen LogP contribution in [-0.4, -0.2) is 13.6 Å². The van der Waals surface area contributed by atoms with Gasteiger partial charge in [-0.05, 0) is 49.1 Å². The zero-order valence-corrected chi connectivity index (χ0v) is 12.3. The van der Waals surface area contributed by atoms with E-state index in [2.05, 4.69) is 29.6 Å². The second-order valence-electron chi connectivity index (χ2n) is 4.95. The molecular formula is C17H19ClFN. The van der Waals surface area contributed by atoms with Crippen molar-refractivity contribution >= 4 is 11.6 Å². The molecule has 0 aromatic heterocycles. The summed E-state index contributed by atoms with van der Waals surface area (Å²) in [5.74, 6) is 0.0917. The lowest BCUT2D eigenvalue weighted by atomic mass is 9.92. The summed E-state index contributed by atoms with van der Waals surface area (Å²) in [7, 11) is 1.96. The van der Waals surface area contributed by atoms with E-state index in [9.17, 15) is 4.39 Å². The first-order chi connectivity index (χ1) is 9.70. The minimum Gasteiger partial charge on any atom is -0.319 e. The highest BCUT2D eigenvalue weighted by atomic mass is 35.5. The fourth-order valence-electron chi connectivity index (χ4n) is 2.39. The van der Waals surface area contributed by atoms with Gasteiger partial charge in [0.25, 0.3) is 0 Å². The van der Waals surface area contributed by atoms with E-state index in [1.807, 2.05) is 19.2 Å². The number of hydrogen-bond donors (Lipinski definition) is 1. The number of hydrogen-bond acceptors (Lipinski definition) is 1. The molecule has 1 atom stereocenters. The Morgan fingerprint density at radius 2 is 1.90 bits per heavy atom. The van der Waals surface area contributed by atoms with Gasteiger partial charge in [-0.25, -0.2) is 4.39 Å². The summed E-state index contributed by atoms with van der Waals surface area (Å²) in [6.07, 6.45) is 1.82. The van der Waals surface area contributed by atoms with Gasteiger partial charge in [0.15, 0.2) is 0 Å². The van der Waals surface area contributed by atoms with Crippen molar-refractivity contribution in [3.63, 3.8) is 0 Å². The highest BCUT2D eigenvalue weighted by Crippen LogP contribution is 2.23. The first kappa shape index (κ1) is 15.0. The van der Waals surface area contributed by atoms with Crippen LogP contribution in [0, 0.1) is 5.82 Å². The monoisotopic (exact) mass is 291 g/mol. The van der Waals surface area contributed by atoms with Crippen molar-refractivity contribution in [2.75, 3.05) is 13.6 Å². The average Bonchev–Trinajstić information content (AvgIpc) is 2.48. The Balaban J connectivity index is 2.03. The Hall–Kier alpha value is -1.38. The standard InChI is InChI=1S/C17H19ClFN/c1-20-12-15(14-5-3-2-4-6-14)9-7-13-8-10-16(18)17(19)11-13/h2-6,8,10-11,15,20H,7,9,12H2,1H3. The third kappa shape index (κ3) is 4.06. The average molecular weight is 292 g/mol. The quantitative estimate of drug-likeness (QED) is 0.831. The van der Waals surface area contributed by atoms with E-state index in [-0.39, 0.29) is 10.8 Å². The van der Waals surface area contributed by atoms with Crippen molar-refractivity contribution in [3.8, 4) is 0 Å². The molecule has 0 aliphatic rings. The molecule has 0 bridgehead atoms. The van der Waals surface area contributed by atoms with E-state index >= 15 is 0 Å². The van der Waals surface area contributed by atoms with E-state index in [4.69, 9.17) is 11.6 Å². The largest absolute Gasteiger partial charge is 0.319 e. The fraction of sp³-hybridized carbons (Fsp3) is 0.294. The highest BCUT2D eigenvalue weighted by molar-refractivity contribution is 6.30. The van der Waals surface area contributed by atoms with Crippen molar-refractivity contribution in [2.24, 2.45) is 0 Å². The molecule has 106 valence electrons. The summed E-state index contributed by atoms with van der Waals surface area (Å²) in [5.41, 5.74) is 2.31. The normalized spacial score (nSPS) is 12.3. The molecule has 3 heteroatoms. The van der Waals surface area contributed by atoms with Gasteiger partial charge in [0.1, 0.15) is 5.82 Å². The predicted molar refractivity (Wildman–Crippen MR) is 82.8 cm³/mol. The Bertz CT molecular complexity index is 542. The molecule has 1 nitrogen and oxygen atoms in total. The Morgan fingerprint density at radius 1 is 1.15 bits per heavy atom. The molecule has 0 radical (unpaired) electrons. The number of nitrogens with one attached hydrogen (secondary N) is 1. The lowest BCUT2D eigenvalue weighted by Gasteiger charge is -2.17. The van der Waals surface area contributed by atoms with E-state index in [0.717, 1.165) is 24.9 Å². The van der Waals surface area contributed by atoms with Gasteiger partial charge in [-0.3, -0.25) is 0 Å². The summed E-state index contributed by atoms with van der Waals surface area (Å²) < 4.78 is 13.4. The van der Waals surface area contributed by atoms with Crippen LogP contribution in [0.5, 0.6) is 0 Å². The third-order valence-electron chi connectivity index (χ3n) is 3.49. The van der Waals surface area contributed by atoms with Crippen LogP contribution in [0.4, 0.5) is 4.39 Å². The molecule has 0 saturated carbocycles. The van der Waals surface area contributed by atoms with Crippen molar-refractivity contribution in [3.05, 3.63) is 70.5 Å². The first-order valence-corrected chi connectivity index (χ1v) is 7.22. The maximum atomic E-state index is 13.4. The van der Waals surface area contributed by atoms with E-state index < -0.39 is 0 Å². The summed E-state index contributed by atoms with van der Waals surface area (Å²) in [6, 6.07) is 15.5. The van der Waals surface area contributed by atoms with Gasteiger partial charge in [0, 0.05) is 6.54 Å². The van der Waals surface area contributed by atoms with Crippen LogP contribution in [0.1, 0.15) is 23.5 Å². The molecular weight excluding hydrogens is 273 g/mol. The van der Waals surface area contributed by atoms with E-state index in [0.29, 0.717) is 5.92 Å². The van der Waals surface area contributed by atoms with Gasteiger partial charge in [-0.2, -0.15) is 0 Å². The number of likely N-dealkylation sites (N-methyl/N-ethyl adjacent to an activating group) is 1. The summed E-state index contributed by atoms with van der Waals surface area (Å²) >= 11 is 5.70. The zero-order chi connectivity index (χ0) is 14.4. The molecule has 2 aromatic rings. The molecule has 0 spiro atoms. The molecule has 2 aromatic carbocycles. The molecule has 0 aliphatic carbocycles. The van der Waals surface area contributed by atoms with Crippen LogP contribution in [0.25, 0.3) is 0 Å². The van der Waals surface area contributed by atoms with Gasteiger partial charge in [-0.1, -0.05) is 48.0 Å². The van der Waals surface area contributed by atoms with Crippen LogP contribution < -0.4 is 5.32 Å². The van der Waals surface area contributed by atoms with Crippen LogP contribution in [0.15, 0.2) is 48.5 Å². The minimum absolute atomic E-state index is 0.184. The maximum absolute atomic E-state index is 13.4. The van der Waals surface area contributed by atoms with Crippen molar-refractivity contribution < 1.29 is 4.39 Å². The summed E-state index contributed by atoms with van der Waals surface area (Å²) in [5, 5.41) is 3.41. The Kier molecular flexibility index (Phi) is 5.57. The first-order valence-electron chi connectivity index (χ1n) is 6.84. The third-order valence-corrected chi connectivity index (χ3v) is 3.79. The van der Waals surface area contributed by atoms with E-state index in [1.165, 1.54) is 11.6 Å². The molecule has 1 unspecified atom stereocenters. The van der Waals surface area contributed by atoms with Crippen LogP contribution >= 0.6 is 11.6 Å². The number of aryl methyl sites for hydroxylation is 1. The Labute approximate surface area is 124 Å². The van der Waals surface area contributed by atoms with Gasteiger partial charge in [-0.15, -0.1) is 0 Å². The molecule has 0 saturated heterocycles. The maximum Gasteiger partial charge on any atom is 0.142 e. The second kappa shape index (κ2) is 7.41. The smallest absolute Gasteiger partial charge is 0.142 e. The topological polar surface area (TPSA) is 12.0 Å². The predicted octanol–water partition coefficient (Wildman–Crippen LogP) is 4.41. The molecule has 1 N–H and O–H groups in total.